The van der Waals surface area contributed by atoms with Gasteiger partial charge in [0.05, 0.1) is 13.2 Å². The van der Waals surface area contributed by atoms with Gasteiger partial charge < -0.3 is 10.2 Å². The first-order chi connectivity index (χ1) is 9.30. The Kier molecular flexibility index (Phi) is 6.18. The maximum Gasteiger partial charge on any atom is 0.401 e. The lowest BCUT2D eigenvalue weighted by Gasteiger charge is -2.21. The highest BCUT2D eigenvalue weighted by atomic mass is 32.1. The van der Waals surface area contributed by atoms with Crippen molar-refractivity contribution in [1.29, 1.82) is 0 Å². The summed E-state index contributed by atoms with van der Waals surface area (Å²) < 4.78 is 37.1. The van der Waals surface area contributed by atoms with Crippen molar-refractivity contribution in [3.8, 4) is 0 Å². The summed E-state index contributed by atoms with van der Waals surface area (Å²) in [6.07, 6.45) is -1.98. The molecule has 0 aliphatic rings. The first-order valence-electron chi connectivity index (χ1n) is 5.68. The molecule has 1 aromatic heterocycles. The molecule has 4 nitrogen and oxygen atoms in total. The summed E-state index contributed by atoms with van der Waals surface area (Å²) in [7, 11) is 0. The summed E-state index contributed by atoms with van der Waals surface area (Å²) in [5.74, 6) is -1.09. The van der Waals surface area contributed by atoms with E-state index in [4.69, 9.17) is 10.2 Å². The quantitative estimate of drug-likeness (QED) is 0.758. The standard InChI is InChI=1S/C12H14F3NO3S/c13-12(14,15)8-16(3-4-17)6-10-5-9(7-20-10)1-2-11(18)19/h1-2,5,7,17H,3-4,6,8H2,(H,18,19)/b2-1+. The van der Waals surface area contributed by atoms with Crippen LogP contribution in [0.1, 0.15) is 10.4 Å². The van der Waals surface area contributed by atoms with Crippen LogP contribution in [0.2, 0.25) is 0 Å². The van der Waals surface area contributed by atoms with E-state index in [9.17, 15) is 18.0 Å². The molecule has 0 bridgehead atoms. The van der Waals surface area contributed by atoms with Gasteiger partial charge in [-0.05, 0) is 23.1 Å². The summed E-state index contributed by atoms with van der Waals surface area (Å²) in [5.41, 5.74) is 0.628. The molecule has 0 amide bonds. The maximum atomic E-state index is 12.4. The smallest absolute Gasteiger partial charge is 0.401 e. The van der Waals surface area contributed by atoms with E-state index in [0.717, 1.165) is 11.0 Å². The Labute approximate surface area is 117 Å². The number of carbonyl (C=O) groups is 1. The Morgan fingerprint density at radius 3 is 2.70 bits per heavy atom. The van der Waals surface area contributed by atoms with E-state index in [1.165, 1.54) is 17.4 Å². The normalized spacial score (nSPS) is 12.4. The molecule has 0 saturated carbocycles. The van der Waals surface area contributed by atoms with E-state index >= 15 is 0 Å². The highest BCUT2D eigenvalue weighted by Crippen LogP contribution is 2.21. The molecule has 0 fully saturated rings. The SMILES string of the molecule is O=C(O)/C=C/c1csc(CN(CCO)CC(F)(F)F)c1. The zero-order chi connectivity index (χ0) is 15.2. The molecule has 20 heavy (non-hydrogen) atoms. The van der Waals surface area contributed by atoms with Crippen LogP contribution in [0.3, 0.4) is 0 Å². The molecule has 0 aliphatic carbocycles. The van der Waals surface area contributed by atoms with E-state index in [2.05, 4.69) is 0 Å². The number of aliphatic hydroxyl groups is 1. The number of carboxylic acids is 1. The summed E-state index contributed by atoms with van der Waals surface area (Å²) in [6.45, 7) is -1.46. The number of halogens is 3. The molecule has 1 aromatic rings. The van der Waals surface area contributed by atoms with Crippen molar-refractivity contribution in [3.63, 3.8) is 0 Å². The van der Waals surface area contributed by atoms with Crippen LogP contribution < -0.4 is 0 Å². The molecule has 2 N–H and O–H groups in total. The van der Waals surface area contributed by atoms with E-state index in [1.807, 2.05) is 0 Å². The van der Waals surface area contributed by atoms with Crippen LogP contribution in [0.25, 0.3) is 6.08 Å². The number of rotatable bonds is 7. The fraction of sp³-hybridized carbons (Fsp3) is 0.417. The van der Waals surface area contributed by atoms with E-state index in [-0.39, 0.29) is 19.7 Å². The fourth-order valence-corrected chi connectivity index (χ4v) is 2.46. The molecular weight excluding hydrogens is 295 g/mol. The monoisotopic (exact) mass is 309 g/mol. The summed E-state index contributed by atoms with van der Waals surface area (Å²) in [6, 6.07) is 1.63. The lowest BCUT2D eigenvalue weighted by molar-refractivity contribution is -0.147. The van der Waals surface area contributed by atoms with Gasteiger partial charge in [0.15, 0.2) is 0 Å². The minimum atomic E-state index is -4.32. The van der Waals surface area contributed by atoms with Gasteiger partial charge in [0, 0.05) is 24.0 Å². The average Bonchev–Trinajstić information content (AvgIpc) is 2.72. The topological polar surface area (TPSA) is 60.8 Å². The number of hydrogen-bond donors (Lipinski definition) is 2. The Hall–Kier alpha value is -1.38. The van der Waals surface area contributed by atoms with Crippen LogP contribution in [-0.4, -0.2) is 47.0 Å². The Morgan fingerprint density at radius 2 is 2.15 bits per heavy atom. The highest BCUT2D eigenvalue weighted by molar-refractivity contribution is 7.10. The molecule has 0 saturated heterocycles. The van der Waals surface area contributed by atoms with Crippen molar-refractivity contribution >= 4 is 23.4 Å². The summed E-state index contributed by atoms with van der Waals surface area (Å²) in [5, 5.41) is 18.9. The molecule has 1 heterocycles. The maximum absolute atomic E-state index is 12.4. The van der Waals surface area contributed by atoms with Gasteiger partial charge in [-0.15, -0.1) is 11.3 Å². The molecule has 0 spiro atoms. The van der Waals surface area contributed by atoms with Crippen LogP contribution >= 0.6 is 11.3 Å². The minimum Gasteiger partial charge on any atom is -0.478 e. The number of nitrogens with zero attached hydrogens (tertiary/aromatic N) is 1. The van der Waals surface area contributed by atoms with Crippen LogP contribution in [0.5, 0.6) is 0 Å². The highest BCUT2D eigenvalue weighted by Gasteiger charge is 2.30. The van der Waals surface area contributed by atoms with Crippen LogP contribution in [0.4, 0.5) is 13.2 Å². The Balaban J connectivity index is 2.67. The van der Waals surface area contributed by atoms with Crippen molar-refractivity contribution in [2.24, 2.45) is 0 Å². The molecule has 112 valence electrons. The van der Waals surface area contributed by atoms with Crippen LogP contribution in [0, 0.1) is 0 Å². The molecule has 8 heteroatoms. The number of hydrogen-bond acceptors (Lipinski definition) is 4. The number of carboxylic acid groups (broad SMARTS) is 1. The van der Waals surface area contributed by atoms with Gasteiger partial charge in [0.2, 0.25) is 0 Å². The van der Waals surface area contributed by atoms with Crippen LogP contribution in [-0.2, 0) is 11.3 Å². The molecule has 0 atom stereocenters. The van der Waals surface area contributed by atoms with Gasteiger partial charge in [0.1, 0.15) is 0 Å². The number of thiophene rings is 1. The molecule has 0 radical (unpaired) electrons. The average molecular weight is 309 g/mol. The Morgan fingerprint density at radius 1 is 1.45 bits per heavy atom. The molecule has 0 unspecified atom stereocenters. The van der Waals surface area contributed by atoms with Crippen molar-refractivity contribution < 1.29 is 28.2 Å². The van der Waals surface area contributed by atoms with E-state index in [1.54, 1.807) is 11.4 Å². The second-order valence-corrected chi connectivity index (χ2v) is 5.06. The van der Waals surface area contributed by atoms with Gasteiger partial charge >= 0.3 is 12.1 Å². The second-order valence-electron chi connectivity index (χ2n) is 4.07. The van der Waals surface area contributed by atoms with Crippen LogP contribution in [0.15, 0.2) is 17.5 Å². The minimum absolute atomic E-state index is 0.0612. The first kappa shape index (κ1) is 16.7. The summed E-state index contributed by atoms with van der Waals surface area (Å²) in [4.78, 5) is 12.1. The lowest BCUT2D eigenvalue weighted by atomic mass is 10.2. The zero-order valence-electron chi connectivity index (χ0n) is 10.4. The van der Waals surface area contributed by atoms with Gasteiger partial charge in [0.25, 0.3) is 0 Å². The molecular formula is C12H14F3NO3S. The molecule has 1 rings (SSSR count). The Bertz CT molecular complexity index is 471. The third-order valence-corrected chi connectivity index (χ3v) is 3.23. The number of aliphatic carboxylic acids is 1. The second kappa shape index (κ2) is 7.41. The van der Waals surface area contributed by atoms with Crippen molar-refractivity contribution in [1.82, 2.24) is 4.90 Å². The third-order valence-electron chi connectivity index (χ3n) is 2.29. The van der Waals surface area contributed by atoms with Gasteiger partial charge in [-0.2, -0.15) is 13.2 Å². The largest absolute Gasteiger partial charge is 0.478 e. The number of alkyl halides is 3. The van der Waals surface area contributed by atoms with Gasteiger partial charge in [-0.1, -0.05) is 0 Å². The first-order valence-corrected chi connectivity index (χ1v) is 6.56. The van der Waals surface area contributed by atoms with Gasteiger partial charge in [-0.3, -0.25) is 4.90 Å². The predicted octanol–water partition coefficient (Wildman–Crippen LogP) is 2.20. The fourth-order valence-electron chi connectivity index (χ4n) is 1.56. The molecule has 0 aliphatic heterocycles. The zero-order valence-corrected chi connectivity index (χ0v) is 11.2. The predicted molar refractivity (Wildman–Crippen MR) is 69.4 cm³/mol. The van der Waals surface area contributed by atoms with Crippen molar-refractivity contribution in [2.75, 3.05) is 19.7 Å². The van der Waals surface area contributed by atoms with Gasteiger partial charge in [-0.25, -0.2) is 4.79 Å². The number of aliphatic hydroxyl groups excluding tert-OH is 1. The third kappa shape index (κ3) is 6.69. The van der Waals surface area contributed by atoms with E-state index in [0.29, 0.717) is 10.4 Å². The van der Waals surface area contributed by atoms with Crippen molar-refractivity contribution in [3.05, 3.63) is 28.0 Å². The lowest BCUT2D eigenvalue weighted by Crippen LogP contribution is -2.35. The van der Waals surface area contributed by atoms with E-state index < -0.39 is 18.7 Å². The molecule has 0 aromatic carbocycles. The summed E-state index contributed by atoms with van der Waals surface area (Å²) >= 11 is 1.25. The van der Waals surface area contributed by atoms with Crippen molar-refractivity contribution in [2.45, 2.75) is 12.7 Å².